The number of piperazine rings is 1. The molecule has 0 aliphatic carbocycles. The van der Waals surface area contributed by atoms with Crippen molar-refractivity contribution in [3.05, 3.63) is 52.0 Å². The first-order chi connectivity index (χ1) is 19.7. The first kappa shape index (κ1) is 30.0. The number of benzene rings is 1. The molecule has 2 aliphatic heterocycles. The van der Waals surface area contributed by atoms with Crippen molar-refractivity contribution in [2.75, 3.05) is 19.6 Å². The van der Waals surface area contributed by atoms with Gasteiger partial charge in [0.25, 0.3) is 0 Å². The van der Waals surface area contributed by atoms with Crippen LogP contribution in [0.4, 0.5) is 0 Å². The quantitative estimate of drug-likeness (QED) is 0.202. The van der Waals surface area contributed by atoms with E-state index >= 15 is 0 Å². The lowest BCUT2D eigenvalue weighted by Gasteiger charge is -2.37. The fourth-order valence-electron chi connectivity index (χ4n) is 7.21. The van der Waals surface area contributed by atoms with Crippen molar-refractivity contribution in [2.24, 2.45) is 17.8 Å². The number of rotatable bonds is 13. The zero-order valence-corrected chi connectivity index (χ0v) is 26.6. The highest BCUT2D eigenvalue weighted by molar-refractivity contribution is 7.09. The summed E-state index contributed by atoms with van der Waals surface area (Å²) in [5, 5.41) is 2.11. The molecule has 2 aliphatic rings. The summed E-state index contributed by atoms with van der Waals surface area (Å²) in [5.41, 5.74) is 2.64. The van der Waals surface area contributed by atoms with Crippen molar-refractivity contribution in [1.29, 1.82) is 0 Å². The number of carbonyl (C=O) groups is 2. The maximum Gasteiger partial charge on any atom is 0.226 e. The van der Waals surface area contributed by atoms with Crippen LogP contribution in [-0.2, 0) is 11.2 Å². The zero-order valence-electron chi connectivity index (χ0n) is 25.8. The Morgan fingerprint density at radius 2 is 1.80 bits per heavy atom. The van der Waals surface area contributed by atoms with Gasteiger partial charge in [-0.3, -0.25) is 14.5 Å². The van der Waals surface area contributed by atoms with Crippen molar-refractivity contribution >= 4 is 34.1 Å². The zero-order chi connectivity index (χ0) is 29.3. The molecule has 1 aromatic carbocycles. The van der Waals surface area contributed by atoms with Crippen LogP contribution in [0.1, 0.15) is 101 Å². The van der Waals surface area contributed by atoms with Crippen molar-refractivity contribution < 1.29 is 9.59 Å². The van der Waals surface area contributed by atoms with Gasteiger partial charge < -0.3 is 9.47 Å². The third-order valence-corrected chi connectivity index (χ3v) is 9.95. The molecule has 5 rings (SSSR count). The van der Waals surface area contributed by atoms with Crippen LogP contribution in [-0.4, -0.2) is 62.8 Å². The number of likely N-dealkylation sites (tertiary alicyclic amines) is 2. The summed E-state index contributed by atoms with van der Waals surface area (Å²) in [6.45, 7) is 16.2. The van der Waals surface area contributed by atoms with Gasteiger partial charge in [-0.25, -0.2) is 4.98 Å². The average Bonchev–Trinajstić information content (AvgIpc) is 3.73. The molecule has 0 radical (unpaired) electrons. The second-order valence-electron chi connectivity index (χ2n) is 13.2. The molecule has 1 amide bonds. The number of hydrogen-bond donors (Lipinski definition) is 0. The minimum absolute atomic E-state index is 0.0496. The van der Waals surface area contributed by atoms with E-state index in [1.54, 1.807) is 11.3 Å². The predicted molar refractivity (Wildman–Crippen MR) is 169 cm³/mol. The molecule has 2 aromatic heterocycles. The monoisotopic (exact) mass is 576 g/mol. The third-order valence-electron chi connectivity index (χ3n) is 9.08. The van der Waals surface area contributed by atoms with Crippen molar-refractivity contribution in [3.8, 4) is 0 Å². The van der Waals surface area contributed by atoms with Crippen molar-refractivity contribution in [1.82, 2.24) is 19.4 Å². The van der Waals surface area contributed by atoms with Gasteiger partial charge in [0.2, 0.25) is 5.91 Å². The Labute approximate surface area is 250 Å². The summed E-state index contributed by atoms with van der Waals surface area (Å²) in [7, 11) is 0. The number of thiophene rings is 1. The maximum atomic E-state index is 13.9. The highest BCUT2D eigenvalue weighted by atomic mass is 32.1. The van der Waals surface area contributed by atoms with Crippen LogP contribution in [0.2, 0.25) is 0 Å². The van der Waals surface area contributed by atoms with Crippen LogP contribution < -0.4 is 0 Å². The first-order valence-corrected chi connectivity index (χ1v) is 16.7. The number of amides is 1. The Bertz CT molecular complexity index is 1340. The molecule has 6 nitrogen and oxygen atoms in total. The summed E-state index contributed by atoms with van der Waals surface area (Å²) in [6, 6.07) is 11.4. The SMILES string of the molecule is CCC(CC)n1c(Cc2cccs2)nc2cc(C(=O)C[C@@H](CC(C)C)C(=O)N3CC4CC3CN4CC(C)C)ccc21. The second-order valence-corrected chi connectivity index (χ2v) is 14.2. The molecular formula is C34H48N4O2S. The van der Waals surface area contributed by atoms with Gasteiger partial charge in [-0.05, 0) is 67.2 Å². The van der Waals surface area contributed by atoms with Gasteiger partial charge >= 0.3 is 0 Å². The van der Waals surface area contributed by atoms with E-state index in [4.69, 9.17) is 4.98 Å². The molecular weight excluding hydrogens is 528 g/mol. The lowest BCUT2D eigenvalue weighted by atomic mass is 9.89. The lowest BCUT2D eigenvalue weighted by molar-refractivity contribution is -0.138. The molecule has 3 aromatic rings. The molecule has 2 bridgehead atoms. The average molecular weight is 577 g/mol. The molecule has 3 atom stereocenters. The highest BCUT2D eigenvalue weighted by Gasteiger charge is 2.46. The number of ketones is 1. The largest absolute Gasteiger partial charge is 0.337 e. The number of hydrogen-bond acceptors (Lipinski definition) is 5. The molecule has 0 spiro atoms. The highest BCUT2D eigenvalue weighted by Crippen LogP contribution is 2.34. The molecule has 0 saturated carbocycles. The van der Waals surface area contributed by atoms with E-state index < -0.39 is 0 Å². The fourth-order valence-corrected chi connectivity index (χ4v) is 7.91. The van der Waals surface area contributed by atoms with Gasteiger partial charge in [0.05, 0.1) is 11.0 Å². The van der Waals surface area contributed by atoms with Crippen LogP contribution >= 0.6 is 11.3 Å². The second kappa shape index (κ2) is 12.8. The number of imidazole rings is 1. The first-order valence-electron chi connectivity index (χ1n) is 15.8. The lowest BCUT2D eigenvalue weighted by Crippen LogP contribution is -2.51. The topological polar surface area (TPSA) is 58.4 Å². The summed E-state index contributed by atoms with van der Waals surface area (Å²) in [5.74, 6) is 2.01. The van der Waals surface area contributed by atoms with E-state index in [1.165, 1.54) is 4.88 Å². The van der Waals surface area contributed by atoms with Crippen LogP contribution in [0.15, 0.2) is 35.7 Å². The molecule has 2 saturated heterocycles. The van der Waals surface area contributed by atoms with Gasteiger partial charge in [0, 0.05) is 67.0 Å². The minimum Gasteiger partial charge on any atom is -0.337 e. The van der Waals surface area contributed by atoms with E-state index in [-0.39, 0.29) is 24.0 Å². The van der Waals surface area contributed by atoms with E-state index in [1.807, 2.05) is 12.1 Å². The summed E-state index contributed by atoms with van der Waals surface area (Å²) in [4.78, 5) is 38.6. The van der Waals surface area contributed by atoms with E-state index in [0.717, 1.165) is 68.6 Å². The van der Waals surface area contributed by atoms with E-state index in [9.17, 15) is 9.59 Å². The van der Waals surface area contributed by atoms with Gasteiger partial charge in [0.1, 0.15) is 5.82 Å². The van der Waals surface area contributed by atoms with Gasteiger partial charge in [-0.2, -0.15) is 0 Å². The molecule has 4 heterocycles. The smallest absolute Gasteiger partial charge is 0.226 e. The van der Waals surface area contributed by atoms with Crippen LogP contribution in [0.3, 0.4) is 0 Å². The molecule has 2 fully saturated rings. The molecule has 7 heteroatoms. The number of aromatic nitrogens is 2. The normalized spacial score (nSPS) is 19.9. The maximum absolute atomic E-state index is 13.9. The minimum atomic E-state index is -0.271. The van der Waals surface area contributed by atoms with Crippen LogP contribution in [0.25, 0.3) is 11.0 Å². The summed E-state index contributed by atoms with van der Waals surface area (Å²) in [6.07, 6.45) is 4.94. The Morgan fingerprint density at radius 3 is 2.41 bits per heavy atom. The Morgan fingerprint density at radius 1 is 1.02 bits per heavy atom. The van der Waals surface area contributed by atoms with Gasteiger partial charge in [-0.15, -0.1) is 11.3 Å². The predicted octanol–water partition coefficient (Wildman–Crippen LogP) is 7.23. The number of Topliss-reactive ketones (excluding diaryl/α,β-unsaturated/α-hetero) is 1. The number of carbonyl (C=O) groups excluding carboxylic acids is 2. The summed E-state index contributed by atoms with van der Waals surface area (Å²) < 4.78 is 2.39. The molecule has 41 heavy (non-hydrogen) atoms. The van der Waals surface area contributed by atoms with E-state index in [2.05, 4.69) is 79.5 Å². The Hall–Kier alpha value is -2.51. The Kier molecular flexibility index (Phi) is 9.34. The molecule has 222 valence electrons. The van der Waals surface area contributed by atoms with Crippen LogP contribution in [0, 0.1) is 17.8 Å². The number of nitrogens with zero attached hydrogens (tertiary/aromatic N) is 4. The van der Waals surface area contributed by atoms with Crippen molar-refractivity contribution in [2.45, 2.75) is 98.2 Å². The van der Waals surface area contributed by atoms with Crippen molar-refractivity contribution in [3.63, 3.8) is 0 Å². The standard InChI is InChI=1S/C34H48N4O2S/c1-7-26(8-2)38-31-12-11-24(15-30(31)35-33(38)18-29-10-9-13-41-29)32(39)16-25(14-22(3)4)34(40)37-21-27-17-28(37)20-36(27)19-23(5)6/h9-13,15,22-23,25-28H,7-8,14,16-21H2,1-6H3/t25-,27?,28?/m1/s1. The molecule has 2 unspecified atom stereocenters. The van der Waals surface area contributed by atoms with E-state index in [0.29, 0.717) is 35.5 Å². The van der Waals surface area contributed by atoms with Crippen LogP contribution in [0.5, 0.6) is 0 Å². The molecule has 0 N–H and O–H groups in total. The Balaban J connectivity index is 1.35. The number of fused-ring (bicyclic) bond motifs is 3. The fraction of sp³-hybridized carbons (Fsp3) is 0.618. The van der Waals surface area contributed by atoms with Gasteiger partial charge in [-0.1, -0.05) is 47.6 Å². The third kappa shape index (κ3) is 6.46. The summed E-state index contributed by atoms with van der Waals surface area (Å²) >= 11 is 1.76. The van der Waals surface area contributed by atoms with Gasteiger partial charge in [0.15, 0.2) is 5.78 Å².